The zero-order valence-electron chi connectivity index (χ0n) is 18.3. The second-order valence-corrected chi connectivity index (χ2v) is 7.06. The zero-order chi connectivity index (χ0) is 24.7. The molecule has 5 atom stereocenters. The van der Waals surface area contributed by atoms with Crippen LogP contribution < -0.4 is 10.1 Å². The molecule has 2 rings (SSSR count). The fourth-order valence-corrected chi connectivity index (χ4v) is 3.22. The number of nitrogens with one attached hydrogen (secondary N) is 1. The van der Waals surface area contributed by atoms with Gasteiger partial charge in [-0.2, -0.15) is 0 Å². The summed E-state index contributed by atoms with van der Waals surface area (Å²) >= 11 is 0. The van der Waals surface area contributed by atoms with Crippen LogP contribution in [0.15, 0.2) is 24.3 Å². The van der Waals surface area contributed by atoms with E-state index in [-0.39, 0.29) is 11.4 Å². The predicted molar refractivity (Wildman–Crippen MR) is 108 cm³/mol. The summed E-state index contributed by atoms with van der Waals surface area (Å²) in [6.45, 7) is 4.11. The highest BCUT2D eigenvalue weighted by Crippen LogP contribution is 2.32. The van der Waals surface area contributed by atoms with Crippen LogP contribution in [0.1, 0.15) is 27.7 Å². The number of rotatable bonds is 8. The van der Waals surface area contributed by atoms with E-state index >= 15 is 0 Å². The van der Waals surface area contributed by atoms with E-state index in [2.05, 4.69) is 5.32 Å². The van der Waals surface area contributed by atoms with E-state index in [4.69, 9.17) is 23.7 Å². The molecule has 1 N–H and O–H groups in total. The summed E-state index contributed by atoms with van der Waals surface area (Å²) in [6, 6.07) is 4.18. The average Bonchev–Trinajstić information content (AvgIpc) is 2.70. The topological polar surface area (TPSA) is 170 Å². The number of benzene rings is 1. The van der Waals surface area contributed by atoms with Crippen LogP contribution in [0.5, 0.6) is 5.75 Å². The monoisotopic (exact) mass is 468 g/mol. The largest absolute Gasteiger partial charge is 0.463 e. The molecule has 0 saturated carbocycles. The van der Waals surface area contributed by atoms with Gasteiger partial charge in [0.15, 0.2) is 18.0 Å². The summed E-state index contributed by atoms with van der Waals surface area (Å²) < 4.78 is 27.1. The van der Waals surface area contributed by atoms with E-state index in [0.29, 0.717) is 0 Å². The van der Waals surface area contributed by atoms with Crippen molar-refractivity contribution in [3.63, 3.8) is 0 Å². The molecule has 1 aliphatic rings. The van der Waals surface area contributed by atoms with Gasteiger partial charge in [-0.1, -0.05) is 12.1 Å². The van der Waals surface area contributed by atoms with E-state index in [9.17, 15) is 29.3 Å². The maximum Gasteiger partial charge on any atom is 0.311 e. The lowest BCUT2D eigenvalue weighted by Crippen LogP contribution is -2.67. The third-order valence-corrected chi connectivity index (χ3v) is 4.38. The summed E-state index contributed by atoms with van der Waals surface area (Å²) in [5.41, 5.74) is -0.384. The molecule has 1 amide bonds. The van der Waals surface area contributed by atoms with Gasteiger partial charge in [0.1, 0.15) is 18.8 Å². The lowest BCUT2D eigenvalue weighted by Gasteiger charge is -2.44. The molecule has 5 unspecified atom stereocenters. The predicted octanol–water partition coefficient (Wildman–Crippen LogP) is 0.630. The Hall–Kier alpha value is -3.74. The molecule has 1 aromatic rings. The molecule has 1 fully saturated rings. The number of amides is 1. The highest BCUT2D eigenvalue weighted by Gasteiger charge is 2.52. The normalized spacial score (nSPS) is 24.2. The molecule has 13 heteroatoms. The molecular weight excluding hydrogens is 444 g/mol. The average molecular weight is 468 g/mol. The Morgan fingerprint density at radius 3 is 2.15 bits per heavy atom. The van der Waals surface area contributed by atoms with Crippen LogP contribution in [-0.2, 0) is 38.1 Å². The van der Waals surface area contributed by atoms with Crippen LogP contribution in [0.3, 0.4) is 0 Å². The van der Waals surface area contributed by atoms with Gasteiger partial charge in [0.05, 0.1) is 4.92 Å². The Morgan fingerprint density at radius 2 is 1.61 bits per heavy atom. The van der Waals surface area contributed by atoms with Gasteiger partial charge in [0, 0.05) is 33.8 Å². The first-order chi connectivity index (χ1) is 15.5. The highest BCUT2D eigenvalue weighted by molar-refractivity contribution is 5.73. The minimum absolute atomic E-state index is 0.193. The molecule has 1 aromatic carbocycles. The number of hydrogen-bond donors (Lipinski definition) is 1. The van der Waals surface area contributed by atoms with E-state index in [1.54, 1.807) is 0 Å². The maximum absolute atomic E-state index is 11.9. The van der Waals surface area contributed by atoms with Crippen molar-refractivity contribution in [2.45, 2.75) is 58.3 Å². The molecule has 1 aliphatic heterocycles. The van der Waals surface area contributed by atoms with Gasteiger partial charge in [-0.3, -0.25) is 29.3 Å². The summed E-state index contributed by atoms with van der Waals surface area (Å²) in [5.74, 6) is -2.96. The summed E-state index contributed by atoms with van der Waals surface area (Å²) in [6.07, 6.45) is -5.28. The van der Waals surface area contributed by atoms with Crippen molar-refractivity contribution in [2.24, 2.45) is 0 Å². The van der Waals surface area contributed by atoms with Crippen LogP contribution in [0.2, 0.25) is 0 Å². The van der Waals surface area contributed by atoms with Crippen LogP contribution in [0, 0.1) is 10.1 Å². The van der Waals surface area contributed by atoms with Crippen molar-refractivity contribution in [1.82, 2.24) is 5.32 Å². The molecule has 1 heterocycles. The van der Waals surface area contributed by atoms with Gasteiger partial charge < -0.3 is 29.0 Å². The summed E-state index contributed by atoms with van der Waals surface area (Å²) in [5, 5.41) is 13.9. The number of esters is 3. The second-order valence-electron chi connectivity index (χ2n) is 7.06. The van der Waals surface area contributed by atoms with Crippen LogP contribution in [0.4, 0.5) is 5.69 Å². The minimum atomic E-state index is -1.45. The van der Waals surface area contributed by atoms with Gasteiger partial charge in [-0.05, 0) is 6.07 Å². The number of para-hydroxylation sites is 2. The smallest absolute Gasteiger partial charge is 0.311 e. The molecule has 1 saturated heterocycles. The van der Waals surface area contributed by atoms with Gasteiger partial charge >= 0.3 is 23.6 Å². The number of nitrogens with zero attached hydrogens (tertiary/aromatic N) is 1. The van der Waals surface area contributed by atoms with Crippen molar-refractivity contribution < 1.29 is 47.8 Å². The van der Waals surface area contributed by atoms with Gasteiger partial charge in [-0.25, -0.2) is 0 Å². The van der Waals surface area contributed by atoms with Crippen LogP contribution >= 0.6 is 0 Å². The highest BCUT2D eigenvalue weighted by atomic mass is 16.7. The first-order valence-electron chi connectivity index (χ1n) is 9.80. The van der Waals surface area contributed by atoms with E-state index in [0.717, 1.165) is 20.8 Å². The fourth-order valence-electron chi connectivity index (χ4n) is 3.22. The van der Waals surface area contributed by atoms with Gasteiger partial charge in [0.2, 0.25) is 12.2 Å². The molecule has 0 spiro atoms. The van der Waals surface area contributed by atoms with E-state index in [1.165, 1.54) is 31.2 Å². The summed E-state index contributed by atoms with van der Waals surface area (Å²) in [7, 11) is 0. The Labute approximate surface area is 188 Å². The minimum Gasteiger partial charge on any atom is -0.463 e. The first-order valence-corrected chi connectivity index (χ1v) is 9.80. The van der Waals surface area contributed by atoms with Crippen molar-refractivity contribution in [2.75, 3.05) is 6.61 Å². The lowest BCUT2D eigenvalue weighted by atomic mass is 9.96. The van der Waals surface area contributed by atoms with E-state index < -0.39 is 66.0 Å². The molecule has 180 valence electrons. The third-order valence-electron chi connectivity index (χ3n) is 4.38. The van der Waals surface area contributed by atoms with Crippen molar-refractivity contribution in [3.8, 4) is 5.75 Å². The molecular formula is C20H24N2O11. The van der Waals surface area contributed by atoms with Crippen molar-refractivity contribution in [1.29, 1.82) is 0 Å². The standard InChI is InChI=1S/C20H24N2O11/c1-10(23)21-17-19(31-13(4)26)18(30-12(3)25)16(9-29-11(2)24)33-20(17)32-15-8-6-5-7-14(15)22(27)28/h5-8,16-20H,9H2,1-4H3,(H,21,23). The first kappa shape index (κ1) is 25.5. The molecule has 33 heavy (non-hydrogen) atoms. The Kier molecular flexibility index (Phi) is 8.68. The molecule has 0 radical (unpaired) electrons. The Bertz CT molecular complexity index is 919. The maximum atomic E-state index is 11.9. The van der Waals surface area contributed by atoms with Crippen molar-refractivity contribution >= 4 is 29.5 Å². The van der Waals surface area contributed by atoms with Crippen molar-refractivity contribution in [3.05, 3.63) is 34.4 Å². The number of nitro groups is 1. The molecule has 13 nitrogen and oxygen atoms in total. The number of nitro benzene ring substituents is 1. The number of hydrogen-bond acceptors (Lipinski definition) is 11. The summed E-state index contributed by atoms with van der Waals surface area (Å²) in [4.78, 5) is 57.5. The Morgan fingerprint density at radius 1 is 1.00 bits per heavy atom. The third kappa shape index (κ3) is 7.14. The molecule has 0 aromatic heterocycles. The van der Waals surface area contributed by atoms with Gasteiger partial charge in [0.25, 0.3) is 0 Å². The van der Waals surface area contributed by atoms with Crippen LogP contribution in [0.25, 0.3) is 0 Å². The number of carbonyl (C=O) groups is 4. The van der Waals surface area contributed by atoms with Crippen LogP contribution in [-0.4, -0.2) is 66.0 Å². The van der Waals surface area contributed by atoms with Gasteiger partial charge in [-0.15, -0.1) is 0 Å². The second kappa shape index (κ2) is 11.2. The van der Waals surface area contributed by atoms with E-state index in [1.807, 2.05) is 0 Å². The number of carbonyl (C=O) groups excluding carboxylic acids is 4. The lowest BCUT2D eigenvalue weighted by molar-refractivity contribution is -0.386. The molecule has 0 bridgehead atoms. The molecule has 0 aliphatic carbocycles. The SMILES string of the molecule is CC(=O)NC1C(Oc2ccccc2[N+](=O)[O-])OC(COC(C)=O)C(OC(C)=O)C1OC(C)=O. The number of ether oxygens (including phenoxy) is 5. The fraction of sp³-hybridized carbons (Fsp3) is 0.500. The Balaban J connectivity index is 2.51. The quantitative estimate of drug-likeness (QED) is 0.246. The zero-order valence-corrected chi connectivity index (χ0v) is 18.3.